The minimum atomic E-state index is -4.39. The monoisotopic (exact) mass is 309 g/mol. The van der Waals surface area contributed by atoms with Crippen molar-refractivity contribution in [2.75, 3.05) is 12.3 Å². The second kappa shape index (κ2) is 6.42. The first-order valence-electron chi connectivity index (χ1n) is 6.16. The number of nitrogens with zero attached hydrogens (tertiary/aromatic N) is 4. The van der Waals surface area contributed by atoms with Crippen LogP contribution in [-0.4, -0.2) is 44.6 Å². The van der Waals surface area contributed by atoms with Crippen LogP contribution in [0.2, 0.25) is 0 Å². The molecule has 0 spiro atoms. The predicted octanol–water partition coefficient (Wildman–Crippen LogP) is 1.24. The first-order valence-corrected chi connectivity index (χ1v) is 7.15. The van der Waals surface area contributed by atoms with Gasteiger partial charge < -0.3 is 5.32 Å². The molecule has 0 aliphatic heterocycles. The van der Waals surface area contributed by atoms with Crippen LogP contribution in [0.5, 0.6) is 0 Å². The molecule has 20 heavy (non-hydrogen) atoms. The maximum atomic E-state index is 12.2. The number of carbonyl (C=O) groups excluding carboxylic acids is 1. The molecule has 1 saturated carbocycles. The number of hydrogen-bond donors (Lipinski definition) is 1. The lowest BCUT2D eigenvalue weighted by Crippen LogP contribution is -2.33. The minimum absolute atomic E-state index is 0.00491. The number of thioether (sulfide) groups is 1. The van der Waals surface area contributed by atoms with Gasteiger partial charge in [0.2, 0.25) is 11.1 Å². The second-order valence-electron chi connectivity index (χ2n) is 4.62. The van der Waals surface area contributed by atoms with Crippen molar-refractivity contribution in [2.45, 2.75) is 37.1 Å². The Morgan fingerprint density at radius 3 is 2.80 bits per heavy atom. The molecule has 1 N–H and O–H groups in total. The Morgan fingerprint density at radius 1 is 1.45 bits per heavy atom. The van der Waals surface area contributed by atoms with Crippen LogP contribution in [0.15, 0.2) is 5.16 Å². The summed E-state index contributed by atoms with van der Waals surface area (Å²) in [6.45, 7) is -0.626. The van der Waals surface area contributed by atoms with E-state index in [0.29, 0.717) is 17.1 Å². The van der Waals surface area contributed by atoms with E-state index < -0.39 is 12.7 Å². The van der Waals surface area contributed by atoms with Crippen molar-refractivity contribution >= 4 is 17.7 Å². The highest BCUT2D eigenvalue weighted by molar-refractivity contribution is 7.99. The lowest BCUT2D eigenvalue weighted by molar-refractivity contribution is -0.144. The molecule has 1 aromatic rings. The summed E-state index contributed by atoms with van der Waals surface area (Å²) < 4.78 is 37.4. The van der Waals surface area contributed by atoms with Crippen LogP contribution < -0.4 is 5.32 Å². The third kappa shape index (κ3) is 4.66. The van der Waals surface area contributed by atoms with E-state index in [0.717, 1.165) is 24.6 Å². The predicted molar refractivity (Wildman–Crippen MR) is 64.9 cm³/mol. The van der Waals surface area contributed by atoms with Crippen LogP contribution in [-0.2, 0) is 11.3 Å². The Labute approximate surface area is 117 Å². The molecule has 1 aromatic heterocycles. The maximum Gasteiger partial charge on any atom is 0.408 e. The highest BCUT2D eigenvalue weighted by Gasteiger charge is 2.30. The van der Waals surface area contributed by atoms with Gasteiger partial charge in [0, 0.05) is 6.54 Å². The lowest BCUT2D eigenvalue weighted by atomic mass is 9.85. The summed E-state index contributed by atoms with van der Waals surface area (Å²) in [5, 5.41) is 12.7. The summed E-state index contributed by atoms with van der Waals surface area (Å²) in [6.07, 6.45) is -0.951. The molecule has 0 saturated heterocycles. The Bertz CT molecular complexity index is 460. The molecule has 0 radical (unpaired) electrons. The molecule has 0 atom stereocenters. The lowest BCUT2D eigenvalue weighted by Gasteiger charge is -2.25. The number of halogens is 3. The maximum absolute atomic E-state index is 12.2. The smallest absolute Gasteiger partial charge is 0.355 e. The molecule has 2 rings (SSSR count). The number of tetrazole rings is 1. The van der Waals surface area contributed by atoms with Gasteiger partial charge in [-0.1, -0.05) is 18.2 Å². The fourth-order valence-corrected chi connectivity index (χ4v) is 2.41. The van der Waals surface area contributed by atoms with E-state index in [9.17, 15) is 18.0 Å². The zero-order chi connectivity index (χ0) is 14.6. The van der Waals surface area contributed by atoms with Crippen LogP contribution in [0.3, 0.4) is 0 Å². The molecule has 0 unspecified atom stereocenters. The number of amides is 1. The molecule has 6 nitrogen and oxygen atoms in total. The number of hydrogen-bond acceptors (Lipinski definition) is 5. The molecule has 1 amide bonds. The fraction of sp³-hybridized carbons (Fsp3) is 0.800. The van der Waals surface area contributed by atoms with Gasteiger partial charge in [-0.2, -0.15) is 13.2 Å². The standard InChI is InChI=1S/C10H14F3N5OS/c11-10(12,13)6-18-9(15-16-17-18)20-5-8(19)14-4-7-2-1-3-7/h7H,1-6H2,(H,14,19). The first-order chi connectivity index (χ1) is 9.44. The molecule has 1 aliphatic rings. The average molecular weight is 309 g/mol. The van der Waals surface area contributed by atoms with Crippen molar-refractivity contribution in [2.24, 2.45) is 5.92 Å². The van der Waals surface area contributed by atoms with E-state index in [1.165, 1.54) is 6.42 Å². The van der Waals surface area contributed by atoms with E-state index in [1.54, 1.807) is 0 Å². The molecule has 1 heterocycles. The molecule has 1 fully saturated rings. The SMILES string of the molecule is O=C(CSc1nnnn1CC(F)(F)F)NCC1CCC1. The van der Waals surface area contributed by atoms with Gasteiger partial charge in [0.25, 0.3) is 0 Å². The van der Waals surface area contributed by atoms with Crippen LogP contribution in [0.1, 0.15) is 19.3 Å². The number of carbonyl (C=O) groups is 1. The van der Waals surface area contributed by atoms with Crippen LogP contribution in [0.25, 0.3) is 0 Å². The molecular formula is C10H14F3N5OS. The minimum Gasteiger partial charge on any atom is -0.355 e. The Balaban J connectivity index is 1.75. The van der Waals surface area contributed by atoms with Crippen molar-refractivity contribution in [3.63, 3.8) is 0 Å². The Kier molecular flexibility index (Phi) is 4.84. The van der Waals surface area contributed by atoms with Crippen molar-refractivity contribution in [3.8, 4) is 0 Å². The Morgan fingerprint density at radius 2 is 2.20 bits per heavy atom. The number of rotatable bonds is 6. The third-order valence-electron chi connectivity index (χ3n) is 2.97. The quantitative estimate of drug-likeness (QED) is 0.801. The highest BCUT2D eigenvalue weighted by atomic mass is 32.2. The normalized spacial score (nSPS) is 15.9. The van der Waals surface area contributed by atoms with E-state index in [1.807, 2.05) is 0 Å². The zero-order valence-corrected chi connectivity index (χ0v) is 11.4. The molecule has 1 aliphatic carbocycles. The molecule has 0 bridgehead atoms. The van der Waals surface area contributed by atoms with Gasteiger partial charge >= 0.3 is 6.18 Å². The summed E-state index contributed by atoms with van der Waals surface area (Å²) in [7, 11) is 0. The molecular weight excluding hydrogens is 295 g/mol. The largest absolute Gasteiger partial charge is 0.408 e. The second-order valence-corrected chi connectivity index (χ2v) is 5.57. The topological polar surface area (TPSA) is 72.7 Å². The number of alkyl halides is 3. The zero-order valence-electron chi connectivity index (χ0n) is 10.6. The van der Waals surface area contributed by atoms with Crippen LogP contribution in [0.4, 0.5) is 13.2 Å². The summed E-state index contributed by atoms with van der Waals surface area (Å²) in [5.41, 5.74) is 0. The van der Waals surface area contributed by atoms with E-state index >= 15 is 0 Å². The van der Waals surface area contributed by atoms with Gasteiger partial charge in [-0.15, -0.1) is 5.10 Å². The van der Waals surface area contributed by atoms with Crippen molar-refractivity contribution in [1.82, 2.24) is 25.5 Å². The number of nitrogens with one attached hydrogen (secondary N) is 1. The van der Waals surface area contributed by atoms with Crippen molar-refractivity contribution in [3.05, 3.63) is 0 Å². The summed E-state index contributed by atoms with van der Waals surface area (Å²) in [4.78, 5) is 11.5. The van der Waals surface area contributed by atoms with Gasteiger partial charge in [0.05, 0.1) is 5.75 Å². The van der Waals surface area contributed by atoms with E-state index in [-0.39, 0.29) is 16.8 Å². The summed E-state index contributed by atoms with van der Waals surface area (Å²) in [5.74, 6) is 0.327. The first kappa shape index (κ1) is 15.1. The highest BCUT2D eigenvalue weighted by Crippen LogP contribution is 2.25. The van der Waals surface area contributed by atoms with E-state index in [2.05, 4.69) is 20.8 Å². The van der Waals surface area contributed by atoms with E-state index in [4.69, 9.17) is 0 Å². The van der Waals surface area contributed by atoms with Crippen LogP contribution >= 0.6 is 11.8 Å². The Hall–Kier alpha value is -1.32. The van der Waals surface area contributed by atoms with Gasteiger partial charge in [0.1, 0.15) is 6.54 Å². The number of aromatic nitrogens is 4. The molecule has 10 heteroatoms. The summed E-state index contributed by atoms with van der Waals surface area (Å²) >= 11 is 0.895. The van der Waals surface area contributed by atoms with Crippen molar-refractivity contribution < 1.29 is 18.0 Å². The molecule has 112 valence electrons. The summed E-state index contributed by atoms with van der Waals surface area (Å²) in [6, 6.07) is 0. The fourth-order valence-electron chi connectivity index (χ4n) is 1.71. The van der Waals surface area contributed by atoms with Gasteiger partial charge in [-0.05, 0) is 29.2 Å². The third-order valence-corrected chi connectivity index (χ3v) is 3.93. The van der Waals surface area contributed by atoms with Gasteiger partial charge in [-0.25, -0.2) is 4.68 Å². The van der Waals surface area contributed by atoms with Crippen molar-refractivity contribution in [1.29, 1.82) is 0 Å². The van der Waals surface area contributed by atoms with Gasteiger partial charge in [0.15, 0.2) is 0 Å². The average Bonchev–Trinajstić information content (AvgIpc) is 2.69. The molecule has 0 aromatic carbocycles. The van der Waals surface area contributed by atoms with Crippen LogP contribution in [0, 0.1) is 5.92 Å². The van der Waals surface area contributed by atoms with Gasteiger partial charge in [-0.3, -0.25) is 4.79 Å².